The average molecular weight is 236 g/mol. The molecule has 0 rings (SSSR count). The standard InChI is InChI=1S/C12H27P.BH3.FH/c1-10(2,3)13(11(4,5)6)12(7,8)9;;/h1-9H3;1H3;1H. The maximum Gasteiger partial charge on any atom is 0.0814 e. The zero-order valence-corrected chi connectivity index (χ0v) is 12.2. The molecule has 0 bridgehead atoms. The molecule has 0 aliphatic rings. The Morgan fingerprint density at radius 2 is 0.667 bits per heavy atom. The van der Waals surface area contributed by atoms with Crippen molar-refractivity contribution in [1.29, 1.82) is 0 Å². The summed E-state index contributed by atoms with van der Waals surface area (Å²) in [4.78, 5) is 0. The highest BCUT2D eigenvalue weighted by Gasteiger charge is 2.41. The fraction of sp³-hybridized carbons (Fsp3) is 1.00. The summed E-state index contributed by atoms with van der Waals surface area (Å²) in [5.41, 5.74) is 0. The number of hydrogen-bond acceptors (Lipinski definition) is 0. The van der Waals surface area contributed by atoms with Gasteiger partial charge in [-0.25, -0.2) is 0 Å². The SMILES string of the molecule is B.CC(C)(C)P(C(C)(C)C)C(C)(C)C.F. The minimum atomic E-state index is 0. The normalized spacial score (nSPS) is 13.2. The molecule has 0 aromatic carbocycles. The summed E-state index contributed by atoms with van der Waals surface area (Å²) in [6.45, 7) is 21.5. The second-order valence-electron chi connectivity index (χ2n) is 6.85. The van der Waals surface area contributed by atoms with E-state index in [4.69, 9.17) is 0 Å². The largest absolute Gasteiger partial charge is 0.269 e. The third-order valence-corrected chi connectivity index (χ3v) is 6.04. The van der Waals surface area contributed by atoms with Crippen LogP contribution in [0.2, 0.25) is 0 Å². The van der Waals surface area contributed by atoms with E-state index in [1.54, 1.807) is 0 Å². The van der Waals surface area contributed by atoms with Crippen LogP contribution in [0.5, 0.6) is 0 Å². The van der Waals surface area contributed by atoms with E-state index >= 15 is 0 Å². The van der Waals surface area contributed by atoms with Crippen LogP contribution in [0.1, 0.15) is 62.3 Å². The van der Waals surface area contributed by atoms with Gasteiger partial charge in [0.05, 0.1) is 8.41 Å². The molecule has 0 spiro atoms. The molecule has 0 saturated carbocycles. The molecule has 0 nitrogen and oxygen atoms in total. The van der Waals surface area contributed by atoms with E-state index in [2.05, 4.69) is 62.3 Å². The molecule has 0 heterocycles. The minimum absolute atomic E-state index is 0. The van der Waals surface area contributed by atoms with Gasteiger partial charge < -0.3 is 0 Å². The molecule has 0 aromatic rings. The number of hydrogen-bond donors (Lipinski definition) is 0. The van der Waals surface area contributed by atoms with Gasteiger partial charge in [0.15, 0.2) is 0 Å². The van der Waals surface area contributed by atoms with Gasteiger partial charge in [0, 0.05) is 0 Å². The van der Waals surface area contributed by atoms with Crippen molar-refractivity contribution in [2.75, 3.05) is 0 Å². The van der Waals surface area contributed by atoms with E-state index in [0.717, 1.165) is 0 Å². The van der Waals surface area contributed by atoms with Crippen molar-refractivity contribution in [2.24, 2.45) is 0 Å². The lowest BCUT2D eigenvalue weighted by atomic mass is 10.2. The van der Waals surface area contributed by atoms with Crippen LogP contribution < -0.4 is 0 Å². The first-order valence-electron chi connectivity index (χ1n) is 5.17. The van der Waals surface area contributed by atoms with Gasteiger partial charge in [0.2, 0.25) is 0 Å². The summed E-state index contributed by atoms with van der Waals surface area (Å²) in [6.07, 6.45) is 0. The van der Waals surface area contributed by atoms with Crippen LogP contribution in [0.25, 0.3) is 0 Å². The van der Waals surface area contributed by atoms with Crippen LogP contribution in [0.4, 0.5) is 4.70 Å². The first-order chi connectivity index (χ1) is 5.37. The van der Waals surface area contributed by atoms with Crippen molar-refractivity contribution >= 4 is 16.3 Å². The molecule has 0 amide bonds. The summed E-state index contributed by atoms with van der Waals surface area (Å²) in [6, 6.07) is 0. The van der Waals surface area contributed by atoms with Gasteiger partial charge >= 0.3 is 0 Å². The molecule has 0 N–H and O–H groups in total. The third kappa shape index (κ3) is 6.56. The van der Waals surface area contributed by atoms with Gasteiger partial charge in [0.1, 0.15) is 0 Å². The Balaban J connectivity index is -0.000000720. The number of halogens is 1. The third-order valence-electron chi connectivity index (χ3n) is 2.01. The highest BCUT2D eigenvalue weighted by molar-refractivity contribution is 7.62. The minimum Gasteiger partial charge on any atom is -0.269 e. The van der Waals surface area contributed by atoms with Crippen molar-refractivity contribution in [3.63, 3.8) is 0 Å². The summed E-state index contributed by atoms with van der Waals surface area (Å²) in [5.74, 6) is 0. The Bertz CT molecular complexity index is 138. The lowest BCUT2D eigenvalue weighted by Gasteiger charge is -2.49. The van der Waals surface area contributed by atoms with E-state index in [1.807, 2.05) is 0 Å². The predicted octanol–water partition coefficient (Wildman–Crippen LogP) is 3.83. The van der Waals surface area contributed by atoms with Crippen LogP contribution in [0.3, 0.4) is 0 Å². The first kappa shape index (κ1) is 20.8. The Kier molecular flexibility index (Phi) is 7.85. The zero-order chi connectivity index (χ0) is 11.1. The molecular weight excluding hydrogens is 205 g/mol. The van der Waals surface area contributed by atoms with Crippen LogP contribution in [0.15, 0.2) is 0 Å². The molecule has 0 aromatic heterocycles. The molecular formula is C12H31BFP. The second kappa shape index (κ2) is 5.66. The maximum absolute atomic E-state index is 2.38. The molecule has 0 atom stereocenters. The Morgan fingerprint density at radius 3 is 0.667 bits per heavy atom. The molecule has 0 unspecified atom stereocenters. The summed E-state index contributed by atoms with van der Waals surface area (Å²) in [5, 5.41) is 1.35. The topological polar surface area (TPSA) is 0 Å². The van der Waals surface area contributed by atoms with Gasteiger partial charge in [-0.1, -0.05) is 70.2 Å². The Hall–Kier alpha value is 0.425. The van der Waals surface area contributed by atoms with E-state index in [1.165, 1.54) is 0 Å². The molecule has 0 fully saturated rings. The van der Waals surface area contributed by atoms with Crippen LogP contribution >= 0.6 is 7.92 Å². The van der Waals surface area contributed by atoms with Crippen LogP contribution in [-0.2, 0) is 0 Å². The van der Waals surface area contributed by atoms with Crippen molar-refractivity contribution in [3.8, 4) is 0 Å². The predicted molar refractivity (Wildman–Crippen MR) is 78.6 cm³/mol. The Morgan fingerprint density at radius 1 is 0.533 bits per heavy atom. The highest BCUT2D eigenvalue weighted by atomic mass is 31.1. The van der Waals surface area contributed by atoms with E-state index < -0.39 is 0 Å². The zero-order valence-electron chi connectivity index (χ0n) is 11.4. The maximum atomic E-state index is 2.38. The van der Waals surface area contributed by atoms with E-state index in [0.29, 0.717) is 15.5 Å². The quantitative estimate of drug-likeness (QED) is 0.443. The van der Waals surface area contributed by atoms with Crippen LogP contribution in [0, 0.1) is 0 Å². The van der Waals surface area contributed by atoms with Gasteiger partial charge in [0.25, 0.3) is 0 Å². The molecule has 0 saturated heterocycles. The molecule has 0 radical (unpaired) electrons. The smallest absolute Gasteiger partial charge is 0.0814 e. The molecule has 3 heteroatoms. The van der Waals surface area contributed by atoms with Crippen molar-refractivity contribution in [1.82, 2.24) is 0 Å². The van der Waals surface area contributed by atoms with Gasteiger partial charge in [-0.15, -0.1) is 0 Å². The van der Waals surface area contributed by atoms with Crippen molar-refractivity contribution in [2.45, 2.75) is 77.8 Å². The Labute approximate surface area is 99.3 Å². The van der Waals surface area contributed by atoms with E-state index in [9.17, 15) is 0 Å². The summed E-state index contributed by atoms with van der Waals surface area (Å²) in [7, 11) is 0.0162. The van der Waals surface area contributed by atoms with Gasteiger partial charge in [-0.2, -0.15) is 0 Å². The lowest BCUT2D eigenvalue weighted by molar-refractivity contribution is 0.644. The monoisotopic (exact) mass is 236 g/mol. The lowest BCUT2D eigenvalue weighted by Crippen LogP contribution is -2.34. The van der Waals surface area contributed by atoms with Crippen molar-refractivity contribution < 1.29 is 4.70 Å². The van der Waals surface area contributed by atoms with E-state index in [-0.39, 0.29) is 21.0 Å². The first-order valence-corrected chi connectivity index (χ1v) is 6.51. The van der Waals surface area contributed by atoms with Crippen molar-refractivity contribution in [3.05, 3.63) is 0 Å². The fourth-order valence-electron chi connectivity index (χ4n) is 3.02. The molecule has 0 aliphatic carbocycles. The number of rotatable bonds is 0. The average Bonchev–Trinajstić information content (AvgIpc) is 1.44. The molecule has 15 heavy (non-hydrogen) atoms. The molecule has 94 valence electrons. The molecule has 0 aliphatic heterocycles. The van der Waals surface area contributed by atoms with Gasteiger partial charge in [-0.3, -0.25) is 4.70 Å². The second-order valence-corrected chi connectivity index (χ2v) is 11.5. The fourth-order valence-corrected chi connectivity index (χ4v) is 9.06. The summed E-state index contributed by atoms with van der Waals surface area (Å²) >= 11 is 0. The van der Waals surface area contributed by atoms with Gasteiger partial charge in [-0.05, 0) is 15.5 Å². The highest BCUT2D eigenvalue weighted by Crippen LogP contribution is 2.66. The summed E-state index contributed by atoms with van der Waals surface area (Å²) < 4.78 is 0. The van der Waals surface area contributed by atoms with Crippen LogP contribution in [-0.4, -0.2) is 23.9 Å².